The zero-order valence-electron chi connectivity index (χ0n) is 14.3. The molecule has 3 aromatic rings. The molecule has 1 N–H and O–H groups in total. The Balaban J connectivity index is 1.64. The van der Waals surface area contributed by atoms with Crippen LogP contribution in [-0.4, -0.2) is 33.5 Å². The molecule has 136 valence electrons. The topological polar surface area (TPSA) is 81.1 Å². The van der Waals surface area contributed by atoms with E-state index in [-0.39, 0.29) is 23.0 Å². The van der Waals surface area contributed by atoms with Gasteiger partial charge in [-0.05, 0) is 30.0 Å². The van der Waals surface area contributed by atoms with E-state index in [1.54, 1.807) is 13.1 Å². The van der Waals surface area contributed by atoms with Gasteiger partial charge in [-0.15, -0.1) is 22.7 Å². The summed E-state index contributed by atoms with van der Waals surface area (Å²) < 4.78 is 1.49. The molecule has 0 unspecified atom stereocenters. The molecular weight excluding hydrogens is 390 g/mol. The Kier molecular flexibility index (Phi) is 5.90. The number of thiophene rings is 2. The first kappa shape index (κ1) is 18.8. The molecule has 0 bridgehead atoms. The number of nitrogens with one attached hydrogen (secondary N) is 1. The van der Waals surface area contributed by atoms with Crippen LogP contribution in [0.25, 0.3) is 10.2 Å². The highest BCUT2D eigenvalue weighted by atomic mass is 32.2. The number of fused-ring (bicyclic) bond motifs is 1. The predicted octanol–water partition coefficient (Wildman–Crippen LogP) is 2.71. The number of thioether (sulfide) groups is 1. The highest BCUT2D eigenvalue weighted by Crippen LogP contribution is 2.23. The average Bonchev–Trinajstić information content (AvgIpc) is 3.25. The third-order valence-electron chi connectivity index (χ3n) is 3.68. The number of carbonyl (C=O) groups excluding carboxylic acids is 2. The van der Waals surface area contributed by atoms with Crippen LogP contribution in [0.15, 0.2) is 33.5 Å². The van der Waals surface area contributed by atoms with E-state index >= 15 is 0 Å². The fourth-order valence-corrected chi connectivity index (χ4v) is 5.03. The number of aromatic nitrogens is 2. The minimum Gasteiger partial charge on any atom is -0.356 e. The Hall–Kier alpha value is -1.97. The number of hydrogen-bond acceptors (Lipinski definition) is 7. The maximum Gasteiger partial charge on any atom is 0.262 e. The molecule has 3 rings (SSSR count). The van der Waals surface area contributed by atoms with Gasteiger partial charge in [0.2, 0.25) is 5.91 Å². The van der Waals surface area contributed by atoms with Crippen LogP contribution in [0.1, 0.15) is 21.5 Å². The number of hydrogen-bond donors (Lipinski definition) is 1. The molecule has 0 aromatic carbocycles. The lowest BCUT2D eigenvalue weighted by molar-refractivity contribution is -0.118. The van der Waals surface area contributed by atoms with Crippen molar-refractivity contribution in [3.8, 4) is 0 Å². The quantitative estimate of drug-likeness (QED) is 0.370. The van der Waals surface area contributed by atoms with Gasteiger partial charge in [-0.3, -0.25) is 19.0 Å². The van der Waals surface area contributed by atoms with Gasteiger partial charge < -0.3 is 5.32 Å². The lowest BCUT2D eigenvalue weighted by Gasteiger charge is -2.06. The van der Waals surface area contributed by atoms with Crippen molar-refractivity contribution in [1.29, 1.82) is 0 Å². The smallest absolute Gasteiger partial charge is 0.262 e. The fraction of sp³-hybridized carbons (Fsp3) is 0.294. The zero-order chi connectivity index (χ0) is 18.7. The summed E-state index contributed by atoms with van der Waals surface area (Å²) >= 11 is 4.13. The maximum absolute atomic E-state index is 12.4. The number of nitrogens with zero attached hydrogens (tertiary/aromatic N) is 2. The fourth-order valence-electron chi connectivity index (χ4n) is 2.33. The number of ketones is 1. The molecular formula is C17H17N3O3S3. The van der Waals surface area contributed by atoms with Crippen LogP contribution >= 0.6 is 34.4 Å². The first-order chi connectivity index (χ1) is 12.5. The summed E-state index contributed by atoms with van der Waals surface area (Å²) in [7, 11) is 1.67. The van der Waals surface area contributed by atoms with Gasteiger partial charge >= 0.3 is 0 Å². The molecule has 3 heterocycles. The van der Waals surface area contributed by atoms with Crippen LogP contribution in [0.5, 0.6) is 0 Å². The molecule has 0 radical (unpaired) electrons. The van der Waals surface area contributed by atoms with Crippen LogP contribution < -0.4 is 10.9 Å². The molecule has 0 aliphatic heterocycles. The molecule has 0 atom stereocenters. The van der Waals surface area contributed by atoms with Crippen LogP contribution in [0, 0.1) is 0 Å². The van der Waals surface area contributed by atoms with Gasteiger partial charge in [0.05, 0.1) is 16.0 Å². The maximum atomic E-state index is 12.4. The minimum atomic E-state index is -0.0948. The van der Waals surface area contributed by atoms with E-state index in [1.807, 2.05) is 17.5 Å². The van der Waals surface area contributed by atoms with E-state index < -0.39 is 0 Å². The second-order valence-electron chi connectivity index (χ2n) is 5.61. The monoisotopic (exact) mass is 407 g/mol. The highest BCUT2D eigenvalue weighted by molar-refractivity contribution is 7.99. The molecule has 6 nitrogen and oxygen atoms in total. The summed E-state index contributed by atoms with van der Waals surface area (Å²) in [6.45, 7) is 2.04. The van der Waals surface area contributed by atoms with Gasteiger partial charge in [0.15, 0.2) is 10.9 Å². The van der Waals surface area contributed by atoms with E-state index in [1.165, 1.54) is 45.9 Å². The Labute approximate surface area is 162 Å². The zero-order valence-corrected chi connectivity index (χ0v) is 16.7. The van der Waals surface area contributed by atoms with Crippen molar-refractivity contribution >= 4 is 56.3 Å². The molecule has 26 heavy (non-hydrogen) atoms. The van der Waals surface area contributed by atoms with E-state index in [0.717, 1.165) is 4.88 Å². The molecule has 9 heteroatoms. The normalized spacial score (nSPS) is 11.0. The SMILES string of the molecule is CC(=O)NCCc1ccc(C(=O)CSc2nc3sccc3c(=O)n2C)s1. The average molecular weight is 408 g/mol. The molecule has 0 saturated carbocycles. The third kappa shape index (κ3) is 4.22. The van der Waals surface area contributed by atoms with Crippen molar-refractivity contribution in [2.24, 2.45) is 7.05 Å². The Morgan fingerprint density at radius 1 is 1.31 bits per heavy atom. The molecule has 0 aliphatic carbocycles. The van der Waals surface area contributed by atoms with Crippen molar-refractivity contribution in [1.82, 2.24) is 14.9 Å². The van der Waals surface area contributed by atoms with Crippen LogP contribution in [0.4, 0.5) is 0 Å². The molecule has 0 aliphatic rings. The lowest BCUT2D eigenvalue weighted by Crippen LogP contribution is -2.22. The molecule has 3 aromatic heterocycles. The second kappa shape index (κ2) is 8.15. The third-order valence-corrected chi connectivity index (χ3v) is 6.70. The molecule has 1 amide bonds. The first-order valence-electron chi connectivity index (χ1n) is 7.89. The van der Waals surface area contributed by atoms with Gasteiger partial charge in [0.25, 0.3) is 5.56 Å². The van der Waals surface area contributed by atoms with Gasteiger partial charge in [0.1, 0.15) is 4.83 Å². The van der Waals surface area contributed by atoms with Crippen molar-refractivity contribution < 1.29 is 9.59 Å². The number of carbonyl (C=O) groups is 2. The predicted molar refractivity (Wildman–Crippen MR) is 107 cm³/mol. The first-order valence-corrected chi connectivity index (χ1v) is 10.6. The van der Waals surface area contributed by atoms with Crippen molar-refractivity contribution in [2.75, 3.05) is 12.3 Å². The highest BCUT2D eigenvalue weighted by Gasteiger charge is 2.14. The number of Topliss-reactive ketones (excluding diaryl/α,β-unsaturated/α-hetero) is 1. The Morgan fingerprint density at radius 2 is 2.12 bits per heavy atom. The standard InChI is InChI=1S/C17H17N3O3S3/c1-10(21)18-7-5-11-3-4-14(26-11)13(22)9-25-17-19-15-12(6-8-24-15)16(23)20(17)2/h3-4,6,8H,5,7,9H2,1-2H3,(H,18,21). The lowest BCUT2D eigenvalue weighted by atomic mass is 10.3. The van der Waals surface area contributed by atoms with E-state index in [9.17, 15) is 14.4 Å². The van der Waals surface area contributed by atoms with Gasteiger partial charge in [-0.2, -0.15) is 0 Å². The summed E-state index contributed by atoms with van der Waals surface area (Å²) in [5.41, 5.74) is -0.0948. The Morgan fingerprint density at radius 3 is 2.88 bits per heavy atom. The van der Waals surface area contributed by atoms with Gasteiger partial charge in [0, 0.05) is 25.4 Å². The van der Waals surface area contributed by atoms with E-state index in [0.29, 0.717) is 33.2 Å². The summed E-state index contributed by atoms with van der Waals surface area (Å²) in [5, 5.41) is 5.73. The summed E-state index contributed by atoms with van der Waals surface area (Å²) in [6, 6.07) is 5.49. The van der Waals surface area contributed by atoms with Gasteiger partial charge in [-0.25, -0.2) is 4.98 Å². The molecule has 0 saturated heterocycles. The summed E-state index contributed by atoms with van der Waals surface area (Å²) in [5.74, 6) is 0.171. The molecule has 0 fully saturated rings. The van der Waals surface area contributed by atoms with Gasteiger partial charge in [-0.1, -0.05) is 11.8 Å². The Bertz CT molecular complexity index is 1020. The summed E-state index contributed by atoms with van der Waals surface area (Å²) in [6.07, 6.45) is 0.704. The largest absolute Gasteiger partial charge is 0.356 e. The van der Waals surface area contributed by atoms with Crippen molar-refractivity contribution in [3.05, 3.63) is 43.7 Å². The van der Waals surface area contributed by atoms with E-state index in [2.05, 4.69) is 10.3 Å². The van der Waals surface area contributed by atoms with Crippen LogP contribution in [-0.2, 0) is 18.3 Å². The van der Waals surface area contributed by atoms with E-state index in [4.69, 9.17) is 0 Å². The summed E-state index contributed by atoms with van der Waals surface area (Å²) in [4.78, 5) is 42.5. The molecule has 0 spiro atoms. The van der Waals surface area contributed by atoms with Crippen molar-refractivity contribution in [2.45, 2.75) is 18.5 Å². The second-order valence-corrected chi connectivity index (χ2v) is 8.61. The van der Waals surface area contributed by atoms with Crippen LogP contribution in [0.2, 0.25) is 0 Å². The van der Waals surface area contributed by atoms with Crippen LogP contribution in [0.3, 0.4) is 0 Å². The number of amides is 1. The number of rotatable bonds is 7. The van der Waals surface area contributed by atoms with Crippen molar-refractivity contribution in [3.63, 3.8) is 0 Å². The minimum absolute atomic E-state index is 0.00584.